The van der Waals surface area contributed by atoms with Crippen molar-refractivity contribution in [3.05, 3.63) is 53.1 Å². The first-order chi connectivity index (χ1) is 15.3. The average molecular weight is 478 g/mol. The summed E-state index contributed by atoms with van der Waals surface area (Å²) in [7, 11) is -3.66. The lowest BCUT2D eigenvalue weighted by Crippen LogP contribution is -2.45. The first kappa shape index (κ1) is 22.6. The maximum atomic E-state index is 12.9. The number of amides is 2. The van der Waals surface area contributed by atoms with Crippen molar-refractivity contribution in [1.29, 1.82) is 0 Å². The second-order valence-electron chi connectivity index (χ2n) is 7.74. The molecule has 0 unspecified atom stereocenters. The van der Waals surface area contributed by atoms with Gasteiger partial charge in [-0.25, -0.2) is 8.42 Å². The zero-order valence-corrected chi connectivity index (χ0v) is 19.0. The molecule has 0 radical (unpaired) electrons. The molecule has 4 rings (SSSR count). The maximum Gasteiger partial charge on any atom is 0.265 e. The number of carbonyl (C=O) groups is 2. The fourth-order valence-electron chi connectivity index (χ4n) is 3.79. The molecule has 2 aromatic rings. The van der Waals surface area contributed by atoms with E-state index in [1.54, 1.807) is 12.1 Å². The Morgan fingerprint density at radius 3 is 2.53 bits per heavy atom. The number of nitrogens with one attached hydrogen (secondary N) is 1. The number of rotatable bonds is 7. The molecular formula is C22H24ClN3O5S. The van der Waals surface area contributed by atoms with Gasteiger partial charge in [0.1, 0.15) is 12.3 Å². The average Bonchev–Trinajstić information content (AvgIpc) is 3.33. The Hall–Kier alpha value is -2.62. The Bertz CT molecular complexity index is 1110. The summed E-state index contributed by atoms with van der Waals surface area (Å²) >= 11 is 5.88. The summed E-state index contributed by atoms with van der Waals surface area (Å²) in [6.07, 6.45) is 2.27. The lowest BCUT2D eigenvalue weighted by Gasteiger charge is -2.29. The lowest BCUT2D eigenvalue weighted by atomic mass is 10.1. The molecule has 1 saturated heterocycles. The molecule has 0 aliphatic carbocycles. The van der Waals surface area contributed by atoms with E-state index < -0.39 is 15.9 Å². The normalized spacial score (nSPS) is 16.5. The summed E-state index contributed by atoms with van der Waals surface area (Å²) in [5, 5.41) is 3.45. The Labute approximate surface area is 192 Å². The Morgan fingerprint density at radius 1 is 1.09 bits per heavy atom. The number of carbonyl (C=O) groups excluding carboxylic acids is 2. The number of hydrogen-bond acceptors (Lipinski definition) is 5. The van der Waals surface area contributed by atoms with Gasteiger partial charge in [-0.15, -0.1) is 0 Å². The summed E-state index contributed by atoms with van der Waals surface area (Å²) in [5.41, 5.74) is 1.31. The quantitative estimate of drug-likeness (QED) is 0.659. The van der Waals surface area contributed by atoms with Crippen LogP contribution in [0, 0.1) is 0 Å². The molecule has 2 heterocycles. The second kappa shape index (κ2) is 9.48. The number of hydrogen-bond donors (Lipinski definition) is 1. The predicted molar refractivity (Wildman–Crippen MR) is 120 cm³/mol. The van der Waals surface area contributed by atoms with Gasteiger partial charge in [0.25, 0.3) is 5.91 Å². The number of halogens is 1. The van der Waals surface area contributed by atoms with Gasteiger partial charge in [-0.3, -0.25) is 14.5 Å². The van der Waals surface area contributed by atoms with Crippen LogP contribution >= 0.6 is 11.6 Å². The largest absolute Gasteiger partial charge is 0.482 e. The van der Waals surface area contributed by atoms with Crippen LogP contribution in [0.2, 0.25) is 5.02 Å². The highest BCUT2D eigenvalue weighted by molar-refractivity contribution is 7.89. The molecular weight excluding hydrogens is 454 g/mol. The molecule has 0 atom stereocenters. The van der Waals surface area contributed by atoms with Crippen LogP contribution < -0.4 is 15.0 Å². The van der Waals surface area contributed by atoms with Crippen LogP contribution in [0.5, 0.6) is 5.75 Å². The van der Waals surface area contributed by atoms with Crippen molar-refractivity contribution in [3.8, 4) is 5.75 Å². The number of benzene rings is 2. The van der Waals surface area contributed by atoms with Gasteiger partial charge < -0.3 is 10.1 Å². The Balaban J connectivity index is 1.45. The second-order valence-corrected chi connectivity index (χ2v) is 10.1. The van der Waals surface area contributed by atoms with E-state index in [1.807, 2.05) is 12.1 Å². The molecule has 10 heteroatoms. The third-order valence-electron chi connectivity index (χ3n) is 5.53. The van der Waals surface area contributed by atoms with Crippen molar-refractivity contribution >= 4 is 39.1 Å². The molecule has 0 aromatic heterocycles. The SMILES string of the molecule is O=C(CN1C(=O)COc2ccc(S(=O)(=O)N3CCCC3)cc21)NCCc1ccc(Cl)cc1. The van der Waals surface area contributed by atoms with E-state index in [0.717, 1.165) is 18.4 Å². The molecule has 32 heavy (non-hydrogen) atoms. The Morgan fingerprint density at radius 2 is 1.81 bits per heavy atom. The van der Waals surface area contributed by atoms with Crippen LogP contribution in [-0.2, 0) is 26.0 Å². The highest BCUT2D eigenvalue weighted by atomic mass is 35.5. The zero-order valence-electron chi connectivity index (χ0n) is 17.4. The standard InChI is InChI=1S/C22H24ClN3O5S/c23-17-5-3-16(4-6-17)9-10-24-21(27)14-26-19-13-18(7-8-20(19)31-15-22(26)28)32(29,30)25-11-1-2-12-25/h3-8,13H,1-2,9-12,14-15H2,(H,24,27). The van der Waals surface area contributed by atoms with Crippen LogP contribution in [0.1, 0.15) is 18.4 Å². The third kappa shape index (κ3) is 4.90. The third-order valence-corrected chi connectivity index (χ3v) is 7.67. The first-order valence-electron chi connectivity index (χ1n) is 10.4. The van der Waals surface area contributed by atoms with Gasteiger partial charge in [0.05, 0.1) is 10.6 Å². The van der Waals surface area contributed by atoms with E-state index in [2.05, 4.69) is 5.32 Å². The number of sulfonamides is 1. The van der Waals surface area contributed by atoms with Crippen LogP contribution in [0.3, 0.4) is 0 Å². The van der Waals surface area contributed by atoms with Crippen molar-refractivity contribution in [2.45, 2.75) is 24.2 Å². The minimum absolute atomic E-state index is 0.0876. The van der Waals surface area contributed by atoms with Gasteiger partial charge in [0.2, 0.25) is 15.9 Å². The van der Waals surface area contributed by atoms with Crippen molar-refractivity contribution in [3.63, 3.8) is 0 Å². The van der Waals surface area contributed by atoms with Crippen molar-refractivity contribution in [2.75, 3.05) is 37.7 Å². The van der Waals surface area contributed by atoms with Crippen molar-refractivity contribution < 1.29 is 22.7 Å². The molecule has 0 saturated carbocycles. The van der Waals surface area contributed by atoms with Gasteiger partial charge in [-0.2, -0.15) is 4.31 Å². The fraction of sp³-hybridized carbons (Fsp3) is 0.364. The smallest absolute Gasteiger partial charge is 0.265 e. The fourth-order valence-corrected chi connectivity index (χ4v) is 5.45. The summed E-state index contributed by atoms with van der Waals surface area (Å²) in [6.45, 7) is 0.935. The first-order valence-corrected chi connectivity index (χ1v) is 12.2. The molecule has 2 aliphatic heterocycles. The summed E-state index contributed by atoms with van der Waals surface area (Å²) in [5.74, 6) is -0.368. The predicted octanol–water partition coefficient (Wildman–Crippen LogP) is 2.21. The van der Waals surface area contributed by atoms with Crippen molar-refractivity contribution in [2.24, 2.45) is 0 Å². The van der Waals surface area contributed by atoms with E-state index >= 15 is 0 Å². The summed E-state index contributed by atoms with van der Waals surface area (Å²) < 4.78 is 32.7. The molecule has 1 fully saturated rings. The molecule has 8 nitrogen and oxygen atoms in total. The zero-order chi connectivity index (χ0) is 22.7. The van der Waals surface area contributed by atoms with Crippen molar-refractivity contribution in [1.82, 2.24) is 9.62 Å². The number of nitrogens with zero attached hydrogens (tertiary/aromatic N) is 2. The van der Waals surface area contributed by atoms with Gasteiger partial charge in [-0.05, 0) is 55.2 Å². The minimum atomic E-state index is -3.66. The molecule has 0 spiro atoms. The van der Waals surface area contributed by atoms with E-state index in [4.69, 9.17) is 16.3 Å². The molecule has 170 valence electrons. The summed E-state index contributed by atoms with van der Waals surface area (Å²) in [6, 6.07) is 11.8. The topological polar surface area (TPSA) is 96.0 Å². The van der Waals surface area contributed by atoms with E-state index in [-0.39, 0.29) is 29.6 Å². The van der Waals surface area contributed by atoms with E-state index in [1.165, 1.54) is 27.4 Å². The highest BCUT2D eigenvalue weighted by Gasteiger charge is 2.32. The molecule has 2 aromatic carbocycles. The van der Waals surface area contributed by atoms with Gasteiger partial charge >= 0.3 is 0 Å². The summed E-state index contributed by atoms with van der Waals surface area (Å²) in [4.78, 5) is 26.4. The minimum Gasteiger partial charge on any atom is -0.482 e. The van der Waals surface area contributed by atoms with Crippen LogP contribution in [0.4, 0.5) is 5.69 Å². The van der Waals surface area contributed by atoms with Crippen LogP contribution in [-0.4, -0.2) is 57.3 Å². The Kier molecular flexibility index (Phi) is 6.68. The van der Waals surface area contributed by atoms with E-state index in [0.29, 0.717) is 36.8 Å². The van der Waals surface area contributed by atoms with Crippen LogP contribution in [0.15, 0.2) is 47.4 Å². The van der Waals surface area contributed by atoms with Crippen LogP contribution in [0.25, 0.3) is 0 Å². The number of fused-ring (bicyclic) bond motifs is 1. The molecule has 2 amide bonds. The molecule has 1 N–H and O–H groups in total. The van der Waals surface area contributed by atoms with Gasteiger partial charge in [0.15, 0.2) is 6.61 Å². The van der Waals surface area contributed by atoms with E-state index in [9.17, 15) is 18.0 Å². The maximum absolute atomic E-state index is 12.9. The molecule has 0 bridgehead atoms. The highest BCUT2D eigenvalue weighted by Crippen LogP contribution is 2.35. The lowest BCUT2D eigenvalue weighted by molar-refractivity contribution is -0.125. The monoisotopic (exact) mass is 477 g/mol. The number of ether oxygens (including phenoxy) is 1. The number of anilines is 1. The molecule has 2 aliphatic rings. The van der Waals surface area contributed by atoms with Gasteiger partial charge in [0, 0.05) is 24.7 Å². The van der Waals surface area contributed by atoms with Gasteiger partial charge in [-0.1, -0.05) is 23.7 Å².